The topological polar surface area (TPSA) is 148 Å². The first-order valence-electron chi connectivity index (χ1n) is 35.3. The quantitative estimate of drug-likeness (QED) is 0.0202. The van der Waals surface area contributed by atoms with Crippen LogP contribution in [0.2, 0.25) is 24.2 Å². The molecule has 0 aliphatic heterocycles. The van der Waals surface area contributed by atoms with Crippen molar-refractivity contribution in [2.45, 2.75) is 133 Å². The van der Waals surface area contributed by atoms with Gasteiger partial charge in [0.05, 0.1) is 26.4 Å². The highest BCUT2D eigenvalue weighted by atomic mass is 28.4. The van der Waals surface area contributed by atoms with Crippen LogP contribution in [0.1, 0.15) is 109 Å². The van der Waals surface area contributed by atoms with Crippen molar-refractivity contribution in [1.29, 1.82) is 0 Å². The molecular weight excluding hydrogens is 1280 g/mol. The van der Waals surface area contributed by atoms with Gasteiger partial charge >= 0.3 is 35.2 Å². The van der Waals surface area contributed by atoms with Crippen LogP contribution < -0.4 is 18.9 Å². The molecule has 0 aliphatic carbocycles. The van der Waals surface area contributed by atoms with E-state index in [2.05, 4.69) is 133 Å². The molecule has 0 amide bonds. The largest absolute Gasteiger partial charge is 0.501 e. The van der Waals surface area contributed by atoms with Crippen LogP contribution in [0.5, 0.6) is 23.0 Å². The minimum Gasteiger partial charge on any atom is -0.494 e. The van der Waals surface area contributed by atoms with E-state index in [0.717, 1.165) is 115 Å². The number of hydrogen-bond acceptors (Lipinski definition) is 16. The van der Waals surface area contributed by atoms with Crippen LogP contribution in [0.15, 0.2) is 133 Å². The first-order chi connectivity index (χ1) is 46.9. The SMILES string of the molecule is CCO[Si](CCCOc1ccc(-c2cc(-c3ccc(OCCC[Si](OCC)(OCC)OCC)cc3)c3ccc4c(-c5ccc(OCCC[Si](OCC)(OCC)OCC)cc5)cc(-c5ccc(OCCC[Si](OCC)(OCC)OCC)cc5)c5ccc2c3c54)cc1)(OCC)OCC. The van der Waals surface area contributed by atoms with Gasteiger partial charge in [0, 0.05) is 103 Å². The summed E-state index contributed by atoms with van der Waals surface area (Å²) in [6.45, 7) is 32.2. The van der Waals surface area contributed by atoms with E-state index in [-0.39, 0.29) is 0 Å². The number of ether oxygens (including phenoxy) is 4. The lowest BCUT2D eigenvalue weighted by Crippen LogP contribution is -2.46. The maximum absolute atomic E-state index is 6.43. The van der Waals surface area contributed by atoms with E-state index in [1.54, 1.807) is 0 Å². The summed E-state index contributed by atoms with van der Waals surface area (Å²) < 4.78 is 99.4. The van der Waals surface area contributed by atoms with Crippen molar-refractivity contribution in [3.05, 3.63) is 133 Å². The van der Waals surface area contributed by atoms with Gasteiger partial charge in [-0.3, -0.25) is 0 Å². The second-order valence-electron chi connectivity index (χ2n) is 22.8. The fourth-order valence-corrected chi connectivity index (χ4v) is 23.1. The van der Waals surface area contributed by atoms with E-state index >= 15 is 0 Å². The molecule has 0 N–H and O–H groups in total. The maximum Gasteiger partial charge on any atom is 0.501 e. The first kappa shape index (κ1) is 76.1. The van der Waals surface area contributed by atoms with Crippen LogP contribution in [0, 0.1) is 0 Å². The van der Waals surface area contributed by atoms with Crippen molar-refractivity contribution < 1.29 is 72.1 Å². The molecule has 0 aliphatic rings. The minimum atomic E-state index is -2.81. The molecule has 0 unspecified atom stereocenters. The Kier molecular flexibility index (Phi) is 30.7. The average molecular weight is 1390 g/mol. The van der Waals surface area contributed by atoms with Crippen molar-refractivity contribution in [3.8, 4) is 67.5 Å². The Bertz CT molecular complexity index is 3020. The molecule has 0 aromatic heterocycles. The molecule has 20 heteroatoms. The Morgan fingerprint density at radius 1 is 0.219 bits per heavy atom. The molecule has 522 valence electrons. The summed E-state index contributed by atoms with van der Waals surface area (Å²) >= 11 is 0. The van der Waals surface area contributed by atoms with Gasteiger partial charge in [-0.15, -0.1) is 0 Å². The number of hydrogen-bond donors (Lipinski definition) is 0. The van der Waals surface area contributed by atoms with Crippen LogP contribution in [-0.4, -0.2) is 141 Å². The number of benzene rings is 8. The Morgan fingerprint density at radius 3 is 0.542 bits per heavy atom. The zero-order valence-electron chi connectivity index (χ0n) is 59.2. The molecule has 96 heavy (non-hydrogen) atoms. The summed E-state index contributed by atoms with van der Waals surface area (Å²) in [4.78, 5) is 0. The van der Waals surface area contributed by atoms with Gasteiger partial charge < -0.3 is 72.1 Å². The molecule has 16 nitrogen and oxygen atoms in total. The van der Waals surface area contributed by atoms with E-state index in [9.17, 15) is 0 Å². The molecule has 0 saturated heterocycles. The fraction of sp³-hybridized carbons (Fsp3) is 0.474. The predicted octanol–water partition coefficient (Wildman–Crippen LogP) is 18.5. The van der Waals surface area contributed by atoms with Crippen molar-refractivity contribution in [2.75, 3.05) is 106 Å². The molecule has 0 fully saturated rings. The third-order valence-corrected chi connectivity index (χ3v) is 29.1. The summed E-state index contributed by atoms with van der Waals surface area (Å²) in [7, 11) is -11.2. The first-order valence-corrected chi connectivity index (χ1v) is 43.0. The van der Waals surface area contributed by atoms with Gasteiger partial charge in [-0.1, -0.05) is 72.8 Å². The van der Waals surface area contributed by atoms with Crippen LogP contribution >= 0.6 is 0 Å². The summed E-state index contributed by atoms with van der Waals surface area (Å²) in [5.74, 6) is 3.15. The van der Waals surface area contributed by atoms with Gasteiger partial charge in [-0.2, -0.15) is 0 Å². The fourth-order valence-electron chi connectivity index (χ4n) is 12.8. The lowest BCUT2D eigenvalue weighted by Gasteiger charge is -2.28. The third-order valence-electron chi connectivity index (χ3n) is 16.5. The summed E-state index contributed by atoms with van der Waals surface area (Å²) in [6, 6.07) is 50.7. The Balaban J connectivity index is 1.20. The van der Waals surface area contributed by atoms with Crippen molar-refractivity contribution in [1.82, 2.24) is 0 Å². The van der Waals surface area contributed by atoms with E-state index in [4.69, 9.17) is 72.1 Å². The van der Waals surface area contributed by atoms with Gasteiger partial charge in [0.25, 0.3) is 0 Å². The molecule has 8 rings (SSSR count). The second-order valence-corrected chi connectivity index (χ2v) is 33.8. The van der Waals surface area contributed by atoms with E-state index in [0.29, 0.717) is 130 Å². The second kappa shape index (κ2) is 38.7. The zero-order chi connectivity index (χ0) is 68.2. The lowest BCUT2D eigenvalue weighted by atomic mass is 9.82. The van der Waals surface area contributed by atoms with E-state index in [1.165, 1.54) is 10.8 Å². The van der Waals surface area contributed by atoms with Gasteiger partial charge in [-0.05, 0) is 246 Å². The monoisotopic (exact) mass is 1390 g/mol. The summed E-state index contributed by atoms with van der Waals surface area (Å²) in [5, 5.41) is 6.91. The Hall–Kier alpha value is -5.61. The van der Waals surface area contributed by atoms with Crippen LogP contribution in [0.4, 0.5) is 0 Å². The molecule has 0 heterocycles. The van der Waals surface area contributed by atoms with Crippen molar-refractivity contribution in [2.24, 2.45) is 0 Å². The predicted molar refractivity (Wildman–Crippen MR) is 394 cm³/mol. The van der Waals surface area contributed by atoms with Crippen LogP contribution in [0.3, 0.4) is 0 Å². The van der Waals surface area contributed by atoms with E-state index < -0.39 is 35.2 Å². The summed E-state index contributed by atoms with van der Waals surface area (Å²) in [5.41, 5.74) is 8.69. The molecular formula is C76H106O16Si4. The molecule has 0 bridgehead atoms. The normalized spacial score (nSPS) is 12.4. The summed E-state index contributed by atoms with van der Waals surface area (Å²) in [6.07, 6.45) is 2.94. The molecule has 0 atom stereocenters. The zero-order valence-corrected chi connectivity index (χ0v) is 63.2. The minimum absolute atomic E-state index is 0.498. The van der Waals surface area contributed by atoms with Crippen molar-refractivity contribution in [3.63, 3.8) is 0 Å². The lowest BCUT2D eigenvalue weighted by molar-refractivity contribution is 0.0689. The molecule has 0 radical (unpaired) electrons. The van der Waals surface area contributed by atoms with E-state index in [1.807, 2.05) is 83.1 Å². The smallest absolute Gasteiger partial charge is 0.494 e. The van der Waals surface area contributed by atoms with Crippen LogP contribution in [-0.2, 0) is 53.1 Å². The molecule has 8 aromatic carbocycles. The highest BCUT2D eigenvalue weighted by molar-refractivity contribution is 6.62. The van der Waals surface area contributed by atoms with Crippen molar-refractivity contribution >= 4 is 67.5 Å². The van der Waals surface area contributed by atoms with Gasteiger partial charge in [0.1, 0.15) is 23.0 Å². The van der Waals surface area contributed by atoms with Gasteiger partial charge in [0.15, 0.2) is 0 Å². The molecule has 8 aromatic rings. The molecule has 0 saturated carbocycles. The van der Waals surface area contributed by atoms with Crippen LogP contribution in [0.25, 0.3) is 76.8 Å². The highest BCUT2D eigenvalue weighted by Gasteiger charge is 2.43. The number of rotatable bonds is 48. The standard InChI is InChI=1S/C76H106O16Si4/c1-13-81-93(82-14-2,83-15-3)53-25-49-77-63-37-29-59(30-38-63)71-57-72(60-31-39-64(40-32-60)78-50-26-54-94(84-16-4,85-17-5)86-18-6)68-47-48-70-74(62-35-43-66(44-36-62)80-52-28-56-96(90-22-10,91-23-11)92-24-12)58-73(69-46-45-67(71)75(68)76(69)70)61-33-41-65(42-34-61)79-51-27-55-95(87-19-7,88-20-8)89-21-9/h29-48,57-58H,13-28,49-56H2,1-12H3. The average Bonchev–Trinajstić information content (AvgIpc) is 0.709. The Morgan fingerprint density at radius 2 is 0.385 bits per heavy atom. The molecule has 0 spiro atoms. The highest BCUT2D eigenvalue weighted by Crippen LogP contribution is 2.49. The third kappa shape index (κ3) is 19.9. The Labute approximate surface area is 576 Å². The van der Waals surface area contributed by atoms with Gasteiger partial charge in [0.2, 0.25) is 0 Å². The maximum atomic E-state index is 6.43. The van der Waals surface area contributed by atoms with Gasteiger partial charge in [-0.25, -0.2) is 0 Å².